The maximum Gasteiger partial charge on any atom is 0.472 e. The Morgan fingerprint density at radius 2 is 0.762 bits per heavy atom. The van der Waals surface area contributed by atoms with Gasteiger partial charge in [0.15, 0.2) is 0 Å². The van der Waals surface area contributed by atoms with Crippen LogP contribution in [0.5, 0.6) is 0 Å². The molecule has 8 nitrogen and oxygen atoms in total. The predicted molar refractivity (Wildman–Crippen MR) is 272 cm³/mol. The van der Waals surface area contributed by atoms with Gasteiger partial charge >= 0.3 is 7.82 Å². The van der Waals surface area contributed by atoms with Crippen molar-refractivity contribution in [2.75, 3.05) is 40.9 Å². The van der Waals surface area contributed by atoms with Crippen LogP contribution in [0.1, 0.15) is 290 Å². The molecule has 0 aliphatic carbocycles. The van der Waals surface area contributed by atoms with E-state index in [2.05, 4.69) is 19.2 Å². The molecule has 0 bridgehead atoms. The number of carbonyl (C=O) groups is 1. The van der Waals surface area contributed by atoms with Gasteiger partial charge in [-0.1, -0.05) is 271 Å². The highest BCUT2D eigenvalue weighted by molar-refractivity contribution is 7.47. The molecule has 0 aliphatic heterocycles. The monoisotopic (exact) mass is 916 g/mol. The fourth-order valence-electron chi connectivity index (χ4n) is 8.70. The number of phosphoric acid groups is 1. The van der Waals surface area contributed by atoms with Crippen LogP contribution in [-0.4, -0.2) is 73.4 Å². The number of aliphatic hydroxyl groups is 1. The number of hydrogen-bond donors (Lipinski definition) is 3. The third kappa shape index (κ3) is 49.2. The molecule has 9 heteroatoms. The van der Waals surface area contributed by atoms with E-state index in [1.54, 1.807) is 0 Å². The summed E-state index contributed by atoms with van der Waals surface area (Å²) in [5.74, 6) is -0.136. The van der Waals surface area contributed by atoms with E-state index >= 15 is 0 Å². The number of rotatable bonds is 52. The fraction of sp³-hybridized carbons (Fsp3) is 0.981. The summed E-state index contributed by atoms with van der Waals surface area (Å²) in [4.78, 5) is 23.3. The van der Waals surface area contributed by atoms with Gasteiger partial charge in [-0.2, -0.15) is 0 Å². The Kier molecular flexibility index (Phi) is 46.2. The van der Waals surface area contributed by atoms with Gasteiger partial charge < -0.3 is 19.8 Å². The molecular weight excluding hydrogens is 804 g/mol. The summed E-state index contributed by atoms with van der Waals surface area (Å²) in [5, 5.41) is 14.1. The van der Waals surface area contributed by atoms with Crippen LogP contribution in [0.15, 0.2) is 0 Å². The lowest BCUT2D eigenvalue weighted by Gasteiger charge is -2.26. The lowest BCUT2D eigenvalue weighted by Crippen LogP contribution is -2.46. The van der Waals surface area contributed by atoms with E-state index < -0.39 is 20.0 Å². The summed E-state index contributed by atoms with van der Waals surface area (Å²) < 4.78 is 23.8. The van der Waals surface area contributed by atoms with Crippen molar-refractivity contribution in [1.82, 2.24) is 5.32 Å². The van der Waals surface area contributed by atoms with Crippen LogP contribution in [0, 0.1) is 0 Å². The van der Waals surface area contributed by atoms with Crippen molar-refractivity contribution in [3.05, 3.63) is 0 Å². The van der Waals surface area contributed by atoms with E-state index in [0.717, 1.165) is 38.5 Å². The summed E-state index contributed by atoms with van der Waals surface area (Å²) in [6.45, 7) is 4.94. The van der Waals surface area contributed by atoms with E-state index in [-0.39, 0.29) is 19.1 Å². The molecule has 3 unspecified atom stereocenters. The number of carbonyl (C=O) groups excluding carboxylic acids is 1. The minimum absolute atomic E-state index is 0.0791. The number of unbranched alkanes of at least 4 members (excludes halogenated alkanes) is 39. The standard InChI is InChI=1S/C54H111N2O6P/c1-6-8-10-12-14-16-18-20-22-24-26-27-28-29-30-32-34-36-38-40-42-44-46-48-54(58)55-52(51-62-63(59,60)61-50-49-56(3,4)5)53(57)47-45-43-41-39-37-35-33-31-25-23-21-19-17-15-13-11-9-7-2/h52-53,57H,6-51H2,1-5H3,(H-,55,58,59,60)/p+1. The summed E-state index contributed by atoms with van der Waals surface area (Å²) in [5.41, 5.74) is 0. The third-order valence-electron chi connectivity index (χ3n) is 13.1. The highest BCUT2D eigenvalue weighted by Crippen LogP contribution is 2.43. The van der Waals surface area contributed by atoms with Gasteiger partial charge in [-0.3, -0.25) is 13.8 Å². The van der Waals surface area contributed by atoms with E-state index in [0.29, 0.717) is 23.9 Å². The molecule has 63 heavy (non-hydrogen) atoms. The van der Waals surface area contributed by atoms with E-state index in [4.69, 9.17) is 9.05 Å². The average molecular weight is 916 g/mol. The van der Waals surface area contributed by atoms with Crippen LogP contribution < -0.4 is 5.32 Å². The normalized spacial score (nSPS) is 14.0. The zero-order valence-corrected chi connectivity index (χ0v) is 44.0. The van der Waals surface area contributed by atoms with Gasteiger partial charge in [0, 0.05) is 6.42 Å². The quantitative estimate of drug-likeness (QED) is 0.0319. The first-order valence-corrected chi connectivity index (χ1v) is 29.4. The van der Waals surface area contributed by atoms with Crippen LogP contribution >= 0.6 is 7.82 Å². The largest absolute Gasteiger partial charge is 0.472 e. The summed E-state index contributed by atoms with van der Waals surface area (Å²) in [6.07, 6.45) is 54.3. The van der Waals surface area contributed by atoms with Gasteiger partial charge in [0.05, 0.1) is 39.9 Å². The lowest BCUT2D eigenvalue weighted by atomic mass is 10.0. The van der Waals surface area contributed by atoms with Crippen LogP contribution in [0.2, 0.25) is 0 Å². The SMILES string of the molecule is CCCCCCCCCCCCCCCCCCCCCCCCCC(=O)NC(COP(=O)(O)OCC[N+](C)(C)C)C(O)CCCCCCCCCCCCCCCCCCCC. The smallest absolute Gasteiger partial charge is 0.391 e. The van der Waals surface area contributed by atoms with Crippen molar-refractivity contribution in [1.29, 1.82) is 0 Å². The maximum absolute atomic E-state index is 13.0. The van der Waals surface area contributed by atoms with E-state index in [1.165, 1.54) is 225 Å². The molecule has 0 aromatic carbocycles. The number of nitrogens with one attached hydrogen (secondary N) is 1. The van der Waals surface area contributed by atoms with Gasteiger partial charge in [0.2, 0.25) is 5.91 Å². The van der Waals surface area contributed by atoms with Gasteiger partial charge in [0.1, 0.15) is 13.2 Å². The first kappa shape index (κ1) is 62.5. The fourth-order valence-corrected chi connectivity index (χ4v) is 9.43. The molecule has 0 fully saturated rings. The van der Waals surface area contributed by atoms with Gasteiger partial charge in [-0.25, -0.2) is 4.57 Å². The molecular formula is C54H112N2O6P+. The number of hydrogen-bond acceptors (Lipinski definition) is 5. The van der Waals surface area contributed by atoms with Crippen molar-refractivity contribution in [3.63, 3.8) is 0 Å². The summed E-state index contributed by atoms with van der Waals surface area (Å²) in [7, 11) is 1.64. The second kappa shape index (κ2) is 46.6. The molecule has 0 rings (SSSR count). The van der Waals surface area contributed by atoms with Gasteiger partial charge in [-0.15, -0.1) is 0 Å². The molecule has 0 saturated heterocycles. The predicted octanol–water partition coefficient (Wildman–Crippen LogP) is 16.5. The molecule has 0 saturated carbocycles. The Morgan fingerprint density at radius 3 is 1.06 bits per heavy atom. The second-order valence-corrected chi connectivity index (χ2v) is 22.1. The van der Waals surface area contributed by atoms with Crippen LogP contribution in [0.4, 0.5) is 0 Å². The highest BCUT2D eigenvalue weighted by atomic mass is 31.2. The van der Waals surface area contributed by atoms with E-state index in [9.17, 15) is 19.4 Å². The minimum Gasteiger partial charge on any atom is -0.391 e. The zero-order valence-electron chi connectivity index (χ0n) is 43.1. The summed E-state index contributed by atoms with van der Waals surface area (Å²) >= 11 is 0. The molecule has 3 N–H and O–H groups in total. The maximum atomic E-state index is 13.0. The molecule has 0 aliphatic rings. The molecule has 0 radical (unpaired) electrons. The Morgan fingerprint density at radius 1 is 0.476 bits per heavy atom. The van der Waals surface area contributed by atoms with Crippen molar-refractivity contribution in [3.8, 4) is 0 Å². The molecule has 0 spiro atoms. The van der Waals surface area contributed by atoms with Crippen molar-refractivity contribution < 1.29 is 32.9 Å². The Balaban J connectivity index is 4.14. The van der Waals surface area contributed by atoms with Crippen LogP contribution in [0.25, 0.3) is 0 Å². The number of likely N-dealkylation sites (N-methyl/N-ethyl adjacent to an activating group) is 1. The molecule has 378 valence electrons. The number of aliphatic hydroxyl groups excluding tert-OH is 1. The first-order chi connectivity index (χ1) is 30.5. The molecule has 0 heterocycles. The molecule has 1 amide bonds. The van der Waals surface area contributed by atoms with Gasteiger partial charge in [0.25, 0.3) is 0 Å². The first-order valence-electron chi connectivity index (χ1n) is 27.9. The Bertz CT molecular complexity index is 994. The number of quaternary nitrogens is 1. The Labute approximate surface area is 393 Å². The number of phosphoric ester groups is 1. The van der Waals surface area contributed by atoms with E-state index in [1.807, 2.05) is 21.1 Å². The van der Waals surface area contributed by atoms with Crippen molar-refractivity contribution >= 4 is 13.7 Å². The van der Waals surface area contributed by atoms with Crippen molar-refractivity contribution in [2.24, 2.45) is 0 Å². The highest BCUT2D eigenvalue weighted by Gasteiger charge is 2.28. The van der Waals surface area contributed by atoms with Gasteiger partial charge in [-0.05, 0) is 12.8 Å². The molecule has 0 aromatic rings. The minimum atomic E-state index is -4.32. The third-order valence-corrected chi connectivity index (χ3v) is 14.1. The molecule has 0 aromatic heterocycles. The lowest BCUT2D eigenvalue weighted by molar-refractivity contribution is -0.870. The zero-order chi connectivity index (χ0) is 46.4. The topological polar surface area (TPSA) is 105 Å². The Hall–Kier alpha value is -0.500. The summed E-state index contributed by atoms with van der Waals surface area (Å²) in [6, 6.07) is -0.754. The average Bonchev–Trinajstić information content (AvgIpc) is 3.24. The molecule has 3 atom stereocenters. The number of nitrogens with zero attached hydrogens (tertiary/aromatic N) is 1. The van der Waals surface area contributed by atoms with Crippen molar-refractivity contribution in [2.45, 2.75) is 302 Å². The van der Waals surface area contributed by atoms with Crippen LogP contribution in [-0.2, 0) is 18.4 Å². The second-order valence-electron chi connectivity index (χ2n) is 20.7. The number of amides is 1. The van der Waals surface area contributed by atoms with Crippen LogP contribution in [0.3, 0.4) is 0 Å².